The highest BCUT2D eigenvalue weighted by Crippen LogP contribution is 2.22. The number of aromatic nitrogens is 2. The first kappa shape index (κ1) is 14.5. The number of anilines is 1. The molecule has 2 rings (SSSR count). The van der Waals surface area contributed by atoms with E-state index >= 15 is 0 Å². The Kier molecular flexibility index (Phi) is 3.37. The van der Waals surface area contributed by atoms with E-state index in [2.05, 4.69) is 9.72 Å². The highest BCUT2D eigenvalue weighted by molar-refractivity contribution is 6.03. The van der Waals surface area contributed by atoms with Gasteiger partial charge in [0.15, 0.2) is 6.29 Å². The molecule has 0 aliphatic heterocycles. The van der Waals surface area contributed by atoms with Crippen molar-refractivity contribution in [2.75, 3.05) is 5.73 Å². The van der Waals surface area contributed by atoms with Crippen LogP contribution in [0.25, 0.3) is 5.52 Å². The van der Waals surface area contributed by atoms with Gasteiger partial charge in [0.05, 0.1) is 11.7 Å². The molecule has 2 aromatic heterocycles. The van der Waals surface area contributed by atoms with Crippen LogP contribution in [0.3, 0.4) is 0 Å². The number of pyridine rings is 1. The normalized spacial score (nSPS) is 11.4. The molecule has 21 heavy (non-hydrogen) atoms. The van der Waals surface area contributed by atoms with Gasteiger partial charge in [-0.3, -0.25) is 9.20 Å². The van der Waals surface area contributed by atoms with Gasteiger partial charge in [0.2, 0.25) is 0 Å². The SMILES string of the molecule is Nc1c(C(=O)OC(=O)C(F)(F)F)cc(C=O)c2cncn12. The average Bonchev–Trinajstić information content (AvgIpc) is 2.87. The number of nitrogens with zero attached hydrogens (tertiary/aromatic N) is 2. The summed E-state index contributed by atoms with van der Waals surface area (Å²) in [6, 6.07) is 0.922. The van der Waals surface area contributed by atoms with Gasteiger partial charge in [0.1, 0.15) is 17.7 Å². The van der Waals surface area contributed by atoms with Crippen LogP contribution in [-0.2, 0) is 9.53 Å². The van der Waals surface area contributed by atoms with Crippen LogP contribution < -0.4 is 5.73 Å². The van der Waals surface area contributed by atoms with Gasteiger partial charge in [0, 0.05) is 5.56 Å². The first-order valence-corrected chi connectivity index (χ1v) is 5.28. The fourth-order valence-corrected chi connectivity index (χ4v) is 1.59. The van der Waals surface area contributed by atoms with E-state index in [1.807, 2.05) is 0 Å². The van der Waals surface area contributed by atoms with Crippen molar-refractivity contribution in [1.82, 2.24) is 9.38 Å². The lowest BCUT2D eigenvalue weighted by atomic mass is 10.1. The molecule has 0 saturated carbocycles. The number of hydrogen-bond donors (Lipinski definition) is 1. The van der Waals surface area contributed by atoms with Crippen molar-refractivity contribution in [3.8, 4) is 0 Å². The number of aldehydes is 1. The third-order valence-corrected chi connectivity index (χ3v) is 2.53. The Morgan fingerprint density at radius 1 is 1.38 bits per heavy atom. The number of halogens is 3. The molecule has 0 bridgehead atoms. The topological polar surface area (TPSA) is 104 Å². The van der Waals surface area contributed by atoms with E-state index in [1.165, 1.54) is 6.20 Å². The molecule has 0 fully saturated rings. The van der Waals surface area contributed by atoms with Crippen molar-refractivity contribution in [3.05, 3.63) is 29.7 Å². The van der Waals surface area contributed by atoms with E-state index in [9.17, 15) is 27.6 Å². The number of alkyl halides is 3. The monoisotopic (exact) mass is 301 g/mol. The Labute approximate surface area is 114 Å². The molecule has 110 valence electrons. The quantitative estimate of drug-likeness (QED) is 0.503. The smallest absolute Gasteiger partial charge is 0.384 e. The van der Waals surface area contributed by atoms with E-state index in [-0.39, 0.29) is 16.9 Å². The minimum Gasteiger partial charge on any atom is -0.384 e. The maximum absolute atomic E-state index is 12.0. The second-order valence-corrected chi connectivity index (χ2v) is 3.84. The number of carbonyl (C=O) groups excluding carboxylic acids is 3. The summed E-state index contributed by atoms with van der Waals surface area (Å²) in [5.41, 5.74) is 5.23. The van der Waals surface area contributed by atoms with E-state index in [1.54, 1.807) is 0 Å². The van der Waals surface area contributed by atoms with Crippen molar-refractivity contribution in [3.63, 3.8) is 0 Å². The summed E-state index contributed by atoms with van der Waals surface area (Å²) >= 11 is 0. The van der Waals surface area contributed by atoms with Crippen LogP contribution in [0.5, 0.6) is 0 Å². The van der Waals surface area contributed by atoms with Crippen LogP contribution in [0, 0.1) is 0 Å². The van der Waals surface area contributed by atoms with E-state index in [0.717, 1.165) is 16.8 Å². The standard InChI is InChI=1S/C11H6F3N3O4/c12-11(13,14)10(20)21-9(19)6-1-5(3-18)7-2-16-4-17(7)8(6)15/h1-4H,15H2. The highest BCUT2D eigenvalue weighted by Gasteiger charge is 2.42. The Bertz CT molecular complexity index is 751. The Morgan fingerprint density at radius 3 is 2.62 bits per heavy atom. The molecule has 7 nitrogen and oxygen atoms in total. The Hall–Kier alpha value is -2.91. The predicted molar refractivity (Wildman–Crippen MR) is 61.5 cm³/mol. The molecule has 0 aliphatic rings. The molecule has 2 N–H and O–H groups in total. The van der Waals surface area contributed by atoms with Gasteiger partial charge >= 0.3 is 18.1 Å². The number of esters is 2. The van der Waals surface area contributed by atoms with Crippen LogP contribution in [0.2, 0.25) is 0 Å². The Balaban J connectivity index is 2.46. The average molecular weight is 301 g/mol. The molecule has 0 aliphatic carbocycles. The molecule has 0 saturated heterocycles. The lowest BCUT2D eigenvalue weighted by molar-refractivity contribution is -0.193. The molecule has 0 radical (unpaired) electrons. The highest BCUT2D eigenvalue weighted by atomic mass is 19.4. The van der Waals surface area contributed by atoms with Crippen molar-refractivity contribution >= 4 is 29.6 Å². The lowest BCUT2D eigenvalue weighted by Crippen LogP contribution is -2.28. The summed E-state index contributed by atoms with van der Waals surface area (Å²) in [4.78, 5) is 36.8. The van der Waals surface area contributed by atoms with Gasteiger partial charge < -0.3 is 10.5 Å². The summed E-state index contributed by atoms with van der Waals surface area (Å²) < 4.78 is 40.9. The van der Waals surface area contributed by atoms with Gasteiger partial charge in [-0.2, -0.15) is 13.2 Å². The number of hydrogen-bond acceptors (Lipinski definition) is 6. The van der Waals surface area contributed by atoms with Crippen molar-refractivity contribution in [2.24, 2.45) is 0 Å². The zero-order valence-corrected chi connectivity index (χ0v) is 10.0. The van der Waals surface area contributed by atoms with Crippen molar-refractivity contribution < 1.29 is 32.3 Å². The molecule has 0 spiro atoms. The molecular formula is C11H6F3N3O4. The largest absolute Gasteiger partial charge is 0.491 e. The number of ether oxygens (including phenoxy) is 1. The van der Waals surface area contributed by atoms with Gasteiger partial charge in [-0.1, -0.05) is 0 Å². The summed E-state index contributed by atoms with van der Waals surface area (Å²) in [7, 11) is 0. The summed E-state index contributed by atoms with van der Waals surface area (Å²) in [6.45, 7) is 0. The van der Waals surface area contributed by atoms with Crippen LogP contribution >= 0.6 is 0 Å². The third kappa shape index (κ3) is 2.55. The summed E-state index contributed by atoms with van der Waals surface area (Å²) in [5, 5.41) is 0. The first-order chi connectivity index (χ1) is 9.75. The summed E-state index contributed by atoms with van der Waals surface area (Å²) in [5.74, 6) is -4.60. The van der Waals surface area contributed by atoms with Gasteiger partial charge in [-0.25, -0.2) is 14.6 Å². The fraction of sp³-hybridized carbons (Fsp3) is 0.0909. The van der Waals surface area contributed by atoms with Gasteiger partial charge in [-0.05, 0) is 6.07 Å². The number of imidazole rings is 1. The van der Waals surface area contributed by atoms with E-state index < -0.39 is 23.7 Å². The van der Waals surface area contributed by atoms with Crippen LogP contribution in [0.1, 0.15) is 20.7 Å². The second kappa shape index (κ2) is 4.89. The van der Waals surface area contributed by atoms with E-state index in [4.69, 9.17) is 5.73 Å². The lowest BCUT2D eigenvalue weighted by Gasteiger charge is -2.10. The molecule has 2 heterocycles. The molecule has 10 heteroatoms. The molecule has 0 atom stereocenters. The summed E-state index contributed by atoms with van der Waals surface area (Å²) in [6.07, 6.45) is -2.54. The zero-order valence-electron chi connectivity index (χ0n) is 10.0. The molecule has 2 aromatic rings. The predicted octanol–water partition coefficient (Wildman–Crippen LogP) is 0.975. The molecule has 0 amide bonds. The maximum atomic E-state index is 12.0. The van der Waals surface area contributed by atoms with Gasteiger partial charge in [0.25, 0.3) is 0 Å². The number of fused-ring (bicyclic) bond motifs is 1. The molecule has 0 aromatic carbocycles. The van der Waals surface area contributed by atoms with Crippen LogP contribution in [-0.4, -0.2) is 33.8 Å². The van der Waals surface area contributed by atoms with Crippen LogP contribution in [0.15, 0.2) is 18.6 Å². The number of nitrogen functional groups attached to an aromatic ring is 1. The minimum atomic E-state index is -5.32. The van der Waals surface area contributed by atoms with E-state index in [0.29, 0.717) is 6.29 Å². The van der Waals surface area contributed by atoms with Crippen molar-refractivity contribution in [1.29, 1.82) is 0 Å². The van der Waals surface area contributed by atoms with Crippen molar-refractivity contribution in [2.45, 2.75) is 6.18 Å². The number of rotatable bonds is 2. The first-order valence-electron chi connectivity index (χ1n) is 5.28. The Morgan fingerprint density at radius 2 is 2.05 bits per heavy atom. The third-order valence-electron chi connectivity index (χ3n) is 2.53. The fourth-order valence-electron chi connectivity index (χ4n) is 1.59. The molecular weight excluding hydrogens is 295 g/mol. The maximum Gasteiger partial charge on any atom is 0.491 e. The number of carbonyl (C=O) groups is 3. The number of nitrogens with two attached hydrogens (primary N) is 1. The van der Waals surface area contributed by atoms with Gasteiger partial charge in [-0.15, -0.1) is 0 Å². The minimum absolute atomic E-state index is 0.0480. The zero-order chi connectivity index (χ0) is 15.8. The van der Waals surface area contributed by atoms with Crippen LogP contribution in [0.4, 0.5) is 19.0 Å². The second-order valence-electron chi connectivity index (χ2n) is 3.84. The molecule has 0 unspecified atom stereocenters.